The zero-order valence-corrected chi connectivity index (χ0v) is 10.9. The highest BCUT2D eigenvalue weighted by atomic mass is 16.5. The lowest BCUT2D eigenvalue weighted by Crippen LogP contribution is -2.30. The molecule has 96 valence electrons. The number of hydrogen-bond acceptors (Lipinski definition) is 3. The van der Waals surface area contributed by atoms with Crippen LogP contribution in [0.15, 0.2) is 24.3 Å². The van der Waals surface area contributed by atoms with Gasteiger partial charge in [-0.1, -0.05) is 31.0 Å². The molecule has 0 heterocycles. The highest BCUT2D eigenvalue weighted by Gasteiger charge is 2.21. The van der Waals surface area contributed by atoms with Crippen LogP contribution in [0.2, 0.25) is 0 Å². The van der Waals surface area contributed by atoms with Gasteiger partial charge in [0.15, 0.2) is 0 Å². The highest BCUT2D eigenvalue weighted by molar-refractivity contribution is 5.38. The van der Waals surface area contributed by atoms with Crippen LogP contribution < -0.4 is 10.1 Å². The minimum Gasteiger partial charge on any atom is -0.493 e. The van der Waals surface area contributed by atoms with Crippen molar-refractivity contribution in [1.29, 1.82) is 5.26 Å². The van der Waals surface area contributed by atoms with Gasteiger partial charge in [0.2, 0.25) is 0 Å². The molecule has 3 nitrogen and oxygen atoms in total. The van der Waals surface area contributed by atoms with Crippen LogP contribution in [0.25, 0.3) is 0 Å². The van der Waals surface area contributed by atoms with Crippen molar-refractivity contribution in [3.05, 3.63) is 29.8 Å². The first-order valence-electron chi connectivity index (χ1n) is 6.72. The maximum atomic E-state index is 9.36. The van der Waals surface area contributed by atoms with Gasteiger partial charge in [0.05, 0.1) is 12.7 Å². The number of nitrogens with zero attached hydrogens (tertiary/aromatic N) is 1. The van der Waals surface area contributed by atoms with Gasteiger partial charge in [0, 0.05) is 11.6 Å². The molecule has 0 amide bonds. The number of nitriles is 1. The zero-order valence-electron chi connectivity index (χ0n) is 10.9. The molecular weight excluding hydrogens is 224 g/mol. The number of hydrogen-bond donors (Lipinski definition) is 1. The molecule has 1 N–H and O–H groups in total. The van der Waals surface area contributed by atoms with Crippen molar-refractivity contribution < 1.29 is 4.74 Å². The molecule has 1 atom stereocenters. The van der Waals surface area contributed by atoms with Crippen molar-refractivity contribution in [1.82, 2.24) is 5.32 Å². The first-order chi connectivity index (χ1) is 8.85. The highest BCUT2D eigenvalue weighted by Crippen LogP contribution is 2.27. The molecule has 1 aliphatic rings. The Hall–Kier alpha value is -1.53. The van der Waals surface area contributed by atoms with Gasteiger partial charge >= 0.3 is 0 Å². The van der Waals surface area contributed by atoms with Gasteiger partial charge < -0.3 is 4.74 Å². The van der Waals surface area contributed by atoms with E-state index in [4.69, 9.17) is 4.74 Å². The summed E-state index contributed by atoms with van der Waals surface area (Å²) >= 11 is 0. The summed E-state index contributed by atoms with van der Waals surface area (Å²) < 4.78 is 5.59. The summed E-state index contributed by atoms with van der Waals surface area (Å²) in [6.45, 7) is 2.58. The predicted octanol–water partition coefficient (Wildman–Crippen LogP) is 3.18. The number of benzene rings is 1. The second-order valence-corrected chi connectivity index (χ2v) is 4.68. The van der Waals surface area contributed by atoms with E-state index < -0.39 is 0 Å². The smallest absolute Gasteiger partial charge is 0.125 e. The quantitative estimate of drug-likeness (QED) is 0.865. The Kier molecular flexibility index (Phi) is 4.60. The summed E-state index contributed by atoms with van der Waals surface area (Å²) in [5.74, 6) is 0.817. The van der Waals surface area contributed by atoms with Crippen LogP contribution >= 0.6 is 0 Å². The van der Waals surface area contributed by atoms with Crippen molar-refractivity contribution in [2.45, 2.75) is 44.7 Å². The van der Waals surface area contributed by atoms with Gasteiger partial charge in [0.25, 0.3) is 0 Å². The maximum absolute atomic E-state index is 9.36. The molecule has 3 heteroatoms. The molecule has 0 radical (unpaired) electrons. The fourth-order valence-electron chi connectivity index (χ4n) is 2.53. The van der Waals surface area contributed by atoms with Gasteiger partial charge in [-0.3, -0.25) is 5.32 Å². The summed E-state index contributed by atoms with van der Waals surface area (Å²) in [4.78, 5) is 0. The lowest BCUT2D eigenvalue weighted by atomic mass is 10.1. The molecular formula is C15H20N2O. The van der Waals surface area contributed by atoms with E-state index in [1.807, 2.05) is 31.2 Å². The Balaban J connectivity index is 2.13. The summed E-state index contributed by atoms with van der Waals surface area (Å²) in [6, 6.07) is 10.4. The van der Waals surface area contributed by atoms with Crippen LogP contribution in [-0.2, 0) is 0 Å². The third kappa shape index (κ3) is 3.02. The normalized spacial score (nSPS) is 17.3. The third-order valence-corrected chi connectivity index (χ3v) is 3.42. The largest absolute Gasteiger partial charge is 0.493 e. The van der Waals surface area contributed by atoms with Crippen LogP contribution in [0.1, 0.15) is 44.2 Å². The van der Waals surface area contributed by atoms with E-state index in [1.165, 1.54) is 25.7 Å². The summed E-state index contributed by atoms with van der Waals surface area (Å²) in [5.41, 5.74) is 0.953. The third-order valence-electron chi connectivity index (χ3n) is 3.42. The Bertz CT molecular complexity index is 419. The Labute approximate surface area is 109 Å². The van der Waals surface area contributed by atoms with Crippen LogP contribution in [-0.4, -0.2) is 12.6 Å². The van der Waals surface area contributed by atoms with Gasteiger partial charge in [0.1, 0.15) is 11.8 Å². The number of ether oxygens (including phenoxy) is 1. The minimum absolute atomic E-state index is 0.268. The van der Waals surface area contributed by atoms with Crippen molar-refractivity contribution >= 4 is 0 Å². The van der Waals surface area contributed by atoms with Gasteiger partial charge in [-0.15, -0.1) is 0 Å². The van der Waals surface area contributed by atoms with Crippen molar-refractivity contribution in [2.75, 3.05) is 6.61 Å². The number of nitrogens with one attached hydrogen (secondary N) is 1. The molecule has 1 aromatic rings. The summed E-state index contributed by atoms with van der Waals surface area (Å²) in [7, 11) is 0. The van der Waals surface area contributed by atoms with Crippen LogP contribution in [0, 0.1) is 11.3 Å². The molecule has 1 aliphatic carbocycles. The molecule has 18 heavy (non-hydrogen) atoms. The van der Waals surface area contributed by atoms with Gasteiger partial charge in [-0.2, -0.15) is 5.26 Å². The lowest BCUT2D eigenvalue weighted by molar-refractivity contribution is 0.332. The summed E-state index contributed by atoms with van der Waals surface area (Å²) in [5, 5.41) is 12.8. The maximum Gasteiger partial charge on any atom is 0.125 e. The number of para-hydroxylation sites is 1. The van der Waals surface area contributed by atoms with Crippen LogP contribution in [0.3, 0.4) is 0 Å². The predicted molar refractivity (Wildman–Crippen MR) is 71.4 cm³/mol. The van der Waals surface area contributed by atoms with Gasteiger partial charge in [-0.05, 0) is 25.8 Å². The van der Waals surface area contributed by atoms with Crippen molar-refractivity contribution in [2.24, 2.45) is 0 Å². The van der Waals surface area contributed by atoms with E-state index in [0.29, 0.717) is 12.6 Å². The van der Waals surface area contributed by atoms with E-state index >= 15 is 0 Å². The average molecular weight is 244 g/mol. The van der Waals surface area contributed by atoms with E-state index in [9.17, 15) is 5.26 Å². The first-order valence-corrected chi connectivity index (χ1v) is 6.72. The number of rotatable bonds is 5. The van der Waals surface area contributed by atoms with Crippen LogP contribution in [0.5, 0.6) is 5.75 Å². The molecule has 1 aromatic carbocycles. The Morgan fingerprint density at radius 2 is 2.11 bits per heavy atom. The first kappa shape index (κ1) is 12.9. The zero-order chi connectivity index (χ0) is 12.8. The monoisotopic (exact) mass is 244 g/mol. The van der Waals surface area contributed by atoms with E-state index in [2.05, 4.69) is 11.4 Å². The molecule has 0 spiro atoms. The lowest BCUT2D eigenvalue weighted by Gasteiger charge is -2.19. The topological polar surface area (TPSA) is 45.0 Å². The average Bonchev–Trinajstić information content (AvgIpc) is 2.90. The van der Waals surface area contributed by atoms with Crippen LogP contribution in [0.4, 0.5) is 0 Å². The van der Waals surface area contributed by atoms with E-state index in [0.717, 1.165) is 11.3 Å². The van der Waals surface area contributed by atoms with E-state index in [1.54, 1.807) is 0 Å². The van der Waals surface area contributed by atoms with Gasteiger partial charge in [-0.25, -0.2) is 0 Å². The summed E-state index contributed by atoms with van der Waals surface area (Å²) in [6.07, 6.45) is 4.88. The molecule has 0 saturated heterocycles. The fraction of sp³-hybridized carbons (Fsp3) is 0.533. The van der Waals surface area contributed by atoms with Crippen molar-refractivity contribution in [3.8, 4) is 11.8 Å². The minimum atomic E-state index is -0.268. The van der Waals surface area contributed by atoms with Crippen molar-refractivity contribution in [3.63, 3.8) is 0 Å². The Morgan fingerprint density at radius 3 is 2.78 bits per heavy atom. The molecule has 0 aromatic heterocycles. The molecule has 1 unspecified atom stereocenters. The second kappa shape index (κ2) is 6.42. The SMILES string of the molecule is CCOc1ccccc1C(C#N)NC1CCCC1. The fourth-order valence-corrected chi connectivity index (χ4v) is 2.53. The molecule has 0 aliphatic heterocycles. The molecule has 0 bridgehead atoms. The molecule has 1 fully saturated rings. The molecule has 2 rings (SSSR count). The van der Waals surface area contributed by atoms with E-state index in [-0.39, 0.29) is 6.04 Å². The second-order valence-electron chi connectivity index (χ2n) is 4.68. The Morgan fingerprint density at radius 1 is 1.39 bits per heavy atom. The standard InChI is InChI=1S/C15H20N2O/c1-2-18-15-10-6-5-9-13(15)14(11-16)17-12-7-3-4-8-12/h5-6,9-10,12,14,17H,2-4,7-8H2,1H3. The molecule has 1 saturated carbocycles.